The number of carbonyl (C=O) groups excluding carboxylic acids is 2. The molecule has 1 aromatic heterocycles. The lowest BCUT2D eigenvalue weighted by Crippen LogP contribution is -2.16. The number of benzene rings is 2. The van der Waals surface area contributed by atoms with E-state index in [2.05, 4.69) is 14.8 Å². The van der Waals surface area contributed by atoms with E-state index in [1.54, 1.807) is 24.3 Å². The summed E-state index contributed by atoms with van der Waals surface area (Å²) in [6.07, 6.45) is 0. The number of ether oxygens (including phenoxy) is 2. The maximum Gasteiger partial charge on any atom is 0.349 e. The quantitative estimate of drug-likeness (QED) is 0.537. The average Bonchev–Trinajstić information content (AvgIpc) is 3.25. The molecule has 30 heavy (non-hydrogen) atoms. The highest BCUT2D eigenvalue weighted by Gasteiger charge is 2.24. The lowest BCUT2D eigenvalue weighted by molar-refractivity contribution is 0.0602. The molecule has 0 saturated carbocycles. The van der Waals surface area contributed by atoms with Crippen molar-refractivity contribution in [2.24, 2.45) is 0 Å². The highest BCUT2D eigenvalue weighted by Crippen LogP contribution is 2.26. The highest BCUT2D eigenvalue weighted by atomic mass is 32.2. The van der Waals surface area contributed by atoms with Gasteiger partial charge < -0.3 is 14.8 Å². The summed E-state index contributed by atoms with van der Waals surface area (Å²) in [7, 11) is -1.32. The number of carbonyl (C=O) groups is 2. The number of esters is 1. The van der Waals surface area contributed by atoms with Crippen LogP contribution in [0.4, 0.5) is 11.4 Å². The van der Waals surface area contributed by atoms with Crippen LogP contribution in [-0.4, -0.2) is 34.5 Å². The second-order valence-electron chi connectivity index (χ2n) is 5.94. The van der Waals surface area contributed by atoms with E-state index in [0.29, 0.717) is 17.0 Å². The SMILES string of the molecule is COC(=O)c1sccc1S(=O)(=O)Nc1ccc(C(=O)Nc2ccccc2OC)cc1. The number of methoxy groups -OCH3 is 2. The molecule has 0 aliphatic carbocycles. The first-order chi connectivity index (χ1) is 14.4. The number of sulfonamides is 1. The molecule has 0 atom stereocenters. The van der Waals surface area contributed by atoms with E-state index in [9.17, 15) is 18.0 Å². The Labute approximate surface area is 177 Å². The van der Waals surface area contributed by atoms with Crippen LogP contribution in [0.15, 0.2) is 64.9 Å². The van der Waals surface area contributed by atoms with Gasteiger partial charge in [-0.15, -0.1) is 11.3 Å². The van der Waals surface area contributed by atoms with Crippen LogP contribution >= 0.6 is 11.3 Å². The van der Waals surface area contributed by atoms with E-state index < -0.39 is 16.0 Å². The number of amides is 1. The molecule has 10 heteroatoms. The molecule has 0 unspecified atom stereocenters. The molecule has 0 spiro atoms. The molecule has 0 saturated heterocycles. The van der Waals surface area contributed by atoms with Gasteiger partial charge >= 0.3 is 5.97 Å². The molecule has 0 radical (unpaired) electrons. The van der Waals surface area contributed by atoms with E-state index in [4.69, 9.17) is 4.74 Å². The van der Waals surface area contributed by atoms with E-state index in [-0.39, 0.29) is 21.4 Å². The molecule has 1 heterocycles. The third-order valence-corrected chi connectivity index (χ3v) is 6.49. The Kier molecular flexibility index (Phi) is 6.38. The minimum Gasteiger partial charge on any atom is -0.495 e. The normalized spacial score (nSPS) is 10.9. The Bertz CT molecular complexity index is 1170. The fourth-order valence-corrected chi connectivity index (χ4v) is 4.99. The Balaban J connectivity index is 1.75. The maximum atomic E-state index is 12.6. The van der Waals surface area contributed by atoms with Crippen LogP contribution in [0.25, 0.3) is 0 Å². The summed E-state index contributed by atoms with van der Waals surface area (Å²) in [6.45, 7) is 0. The lowest BCUT2D eigenvalue weighted by Gasteiger charge is -2.11. The number of hydrogen-bond acceptors (Lipinski definition) is 7. The van der Waals surface area contributed by atoms with E-state index in [0.717, 1.165) is 11.3 Å². The van der Waals surface area contributed by atoms with Gasteiger partial charge in [0.15, 0.2) is 0 Å². The molecular formula is C20H18N2O6S2. The zero-order valence-corrected chi connectivity index (χ0v) is 17.7. The Morgan fingerprint density at radius 1 is 0.967 bits per heavy atom. The summed E-state index contributed by atoms with van der Waals surface area (Å²) in [6, 6.07) is 14.2. The van der Waals surface area contributed by atoms with Gasteiger partial charge in [-0.05, 0) is 47.8 Å². The second-order valence-corrected chi connectivity index (χ2v) is 8.51. The van der Waals surface area contributed by atoms with E-state index in [1.165, 1.54) is 49.9 Å². The van der Waals surface area contributed by atoms with Gasteiger partial charge in [-0.3, -0.25) is 9.52 Å². The van der Waals surface area contributed by atoms with Gasteiger partial charge in [0.2, 0.25) is 0 Å². The van der Waals surface area contributed by atoms with Gasteiger partial charge in [-0.25, -0.2) is 13.2 Å². The van der Waals surface area contributed by atoms with E-state index in [1.807, 2.05) is 0 Å². The van der Waals surface area contributed by atoms with Crippen LogP contribution in [0.2, 0.25) is 0 Å². The van der Waals surface area contributed by atoms with Crippen LogP contribution in [0.5, 0.6) is 5.75 Å². The van der Waals surface area contributed by atoms with Crippen LogP contribution in [0.1, 0.15) is 20.0 Å². The standard InChI is InChI=1S/C20H18N2O6S2/c1-27-16-6-4-3-5-15(16)21-19(23)13-7-9-14(10-8-13)22-30(25,26)17-11-12-29-18(17)20(24)28-2/h3-12,22H,1-2H3,(H,21,23). The molecule has 1 amide bonds. The molecule has 3 aromatic rings. The number of para-hydroxylation sites is 2. The van der Waals surface area contributed by atoms with Crippen molar-refractivity contribution in [1.29, 1.82) is 0 Å². The number of nitrogens with one attached hydrogen (secondary N) is 2. The minimum absolute atomic E-state index is 0.0159. The van der Waals surface area contributed by atoms with Gasteiger partial charge in [-0.1, -0.05) is 12.1 Å². The predicted molar refractivity (Wildman–Crippen MR) is 114 cm³/mol. The molecular weight excluding hydrogens is 428 g/mol. The van der Waals surface area contributed by atoms with Crippen molar-refractivity contribution in [2.75, 3.05) is 24.3 Å². The van der Waals surface area contributed by atoms with Crippen LogP contribution in [0, 0.1) is 0 Å². The number of rotatable bonds is 7. The second kappa shape index (κ2) is 8.97. The van der Waals surface area contributed by atoms with Gasteiger partial charge in [0.1, 0.15) is 15.5 Å². The fraction of sp³-hybridized carbons (Fsp3) is 0.100. The molecule has 156 valence electrons. The zero-order chi connectivity index (χ0) is 21.7. The lowest BCUT2D eigenvalue weighted by atomic mass is 10.2. The third-order valence-electron chi connectivity index (χ3n) is 4.04. The van der Waals surface area contributed by atoms with Gasteiger partial charge in [0, 0.05) is 11.3 Å². The highest BCUT2D eigenvalue weighted by molar-refractivity contribution is 7.93. The monoisotopic (exact) mass is 446 g/mol. The summed E-state index contributed by atoms with van der Waals surface area (Å²) >= 11 is 0.973. The number of hydrogen-bond donors (Lipinski definition) is 2. The molecule has 8 nitrogen and oxygen atoms in total. The first-order valence-electron chi connectivity index (χ1n) is 8.59. The van der Waals surface area contributed by atoms with Crippen LogP contribution in [-0.2, 0) is 14.8 Å². The number of thiophene rings is 1. The fourth-order valence-electron chi connectivity index (χ4n) is 2.59. The number of anilines is 2. The summed E-state index contributed by atoms with van der Waals surface area (Å²) in [5, 5.41) is 4.23. The Morgan fingerprint density at radius 2 is 1.67 bits per heavy atom. The Morgan fingerprint density at radius 3 is 2.33 bits per heavy atom. The smallest absolute Gasteiger partial charge is 0.349 e. The van der Waals surface area contributed by atoms with Crippen LogP contribution in [0.3, 0.4) is 0 Å². The van der Waals surface area contributed by atoms with Crippen molar-refractivity contribution in [3.8, 4) is 5.75 Å². The average molecular weight is 447 g/mol. The van der Waals surface area contributed by atoms with E-state index >= 15 is 0 Å². The topological polar surface area (TPSA) is 111 Å². The molecule has 2 N–H and O–H groups in total. The minimum atomic E-state index is -4.00. The molecule has 3 rings (SSSR count). The molecule has 2 aromatic carbocycles. The third kappa shape index (κ3) is 4.61. The predicted octanol–water partition coefficient (Wildman–Crippen LogP) is 3.60. The van der Waals surface area contributed by atoms with Crippen molar-refractivity contribution in [2.45, 2.75) is 4.90 Å². The molecule has 0 bridgehead atoms. The van der Waals surface area contributed by atoms with Gasteiger partial charge in [-0.2, -0.15) is 0 Å². The van der Waals surface area contributed by atoms with Crippen molar-refractivity contribution < 1.29 is 27.5 Å². The van der Waals surface area contributed by atoms with Crippen molar-refractivity contribution in [1.82, 2.24) is 0 Å². The summed E-state index contributed by atoms with van der Waals surface area (Å²) in [5.74, 6) is -0.583. The summed E-state index contributed by atoms with van der Waals surface area (Å²) in [4.78, 5) is 24.0. The van der Waals surface area contributed by atoms with Crippen molar-refractivity contribution in [3.63, 3.8) is 0 Å². The first kappa shape index (κ1) is 21.3. The summed E-state index contributed by atoms with van der Waals surface area (Å²) < 4.78 is 37.5. The molecule has 0 fully saturated rings. The van der Waals surface area contributed by atoms with Crippen LogP contribution < -0.4 is 14.8 Å². The molecule has 0 aliphatic heterocycles. The largest absolute Gasteiger partial charge is 0.495 e. The zero-order valence-electron chi connectivity index (χ0n) is 16.0. The Hall–Kier alpha value is -3.37. The van der Waals surface area contributed by atoms with Gasteiger partial charge in [0.25, 0.3) is 15.9 Å². The summed E-state index contributed by atoms with van der Waals surface area (Å²) in [5.41, 5.74) is 1.09. The maximum absolute atomic E-state index is 12.6. The van der Waals surface area contributed by atoms with Crippen molar-refractivity contribution >= 4 is 44.6 Å². The first-order valence-corrected chi connectivity index (χ1v) is 10.9. The van der Waals surface area contributed by atoms with Crippen molar-refractivity contribution in [3.05, 3.63) is 70.4 Å². The molecule has 0 aliphatic rings. The van der Waals surface area contributed by atoms with Gasteiger partial charge in [0.05, 0.1) is 19.9 Å².